The molecule has 1 aromatic rings. The van der Waals surface area contributed by atoms with E-state index in [4.69, 9.17) is 5.73 Å². The molecule has 2 rings (SSSR count). The van der Waals surface area contributed by atoms with Crippen molar-refractivity contribution in [2.45, 2.75) is 32.2 Å². The zero-order chi connectivity index (χ0) is 10.7. The summed E-state index contributed by atoms with van der Waals surface area (Å²) >= 11 is 1.78. The minimum absolute atomic E-state index is 0. The molecule has 0 unspecified atom stereocenters. The van der Waals surface area contributed by atoms with Gasteiger partial charge in [-0.1, -0.05) is 0 Å². The van der Waals surface area contributed by atoms with Gasteiger partial charge in [-0.3, -0.25) is 0 Å². The summed E-state index contributed by atoms with van der Waals surface area (Å²) in [5.74, 6) is 0. The predicted octanol–water partition coefficient (Wildman–Crippen LogP) is 2.26. The lowest BCUT2D eigenvalue weighted by atomic mass is 10.1. The summed E-state index contributed by atoms with van der Waals surface area (Å²) in [6.07, 6.45) is 3.45. The van der Waals surface area contributed by atoms with E-state index in [1.165, 1.54) is 23.7 Å². The highest BCUT2D eigenvalue weighted by atomic mass is 35.5. The summed E-state index contributed by atoms with van der Waals surface area (Å²) in [5.41, 5.74) is 9.02. The van der Waals surface area contributed by atoms with Gasteiger partial charge in [0, 0.05) is 17.5 Å². The van der Waals surface area contributed by atoms with E-state index in [2.05, 4.69) is 16.8 Å². The van der Waals surface area contributed by atoms with Crippen LogP contribution in [0.2, 0.25) is 0 Å². The van der Waals surface area contributed by atoms with Gasteiger partial charge < -0.3 is 10.6 Å². The average Bonchev–Trinajstić information content (AvgIpc) is 2.63. The van der Waals surface area contributed by atoms with Crippen molar-refractivity contribution in [2.24, 2.45) is 5.73 Å². The van der Waals surface area contributed by atoms with Crippen molar-refractivity contribution in [2.75, 3.05) is 19.6 Å². The third kappa shape index (κ3) is 5.10. The number of nitrogens with zero attached hydrogens (tertiary/aromatic N) is 2. The highest BCUT2D eigenvalue weighted by Gasteiger charge is 2.15. The topological polar surface area (TPSA) is 42.2 Å². The van der Waals surface area contributed by atoms with Gasteiger partial charge in [0.1, 0.15) is 0 Å². The molecule has 1 saturated heterocycles. The molecule has 100 valence electrons. The Morgan fingerprint density at radius 1 is 1.41 bits per heavy atom. The molecule has 0 radical (unpaired) electrons. The van der Waals surface area contributed by atoms with E-state index in [1.54, 1.807) is 11.3 Å². The fourth-order valence-corrected chi connectivity index (χ4v) is 2.77. The van der Waals surface area contributed by atoms with Crippen molar-refractivity contribution in [3.63, 3.8) is 0 Å². The molecule has 2 N–H and O–H groups in total. The van der Waals surface area contributed by atoms with E-state index in [0.29, 0.717) is 6.04 Å². The van der Waals surface area contributed by atoms with E-state index in [9.17, 15) is 0 Å². The number of halogens is 2. The van der Waals surface area contributed by atoms with Gasteiger partial charge in [-0.2, -0.15) is 0 Å². The average molecular weight is 298 g/mol. The molecular weight excluding hydrogens is 277 g/mol. The first kappa shape index (κ1) is 17.1. The van der Waals surface area contributed by atoms with E-state index in [-0.39, 0.29) is 24.8 Å². The fraction of sp³-hybridized carbons (Fsp3) is 0.727. The van der Waals surface area contributed by atoms with E-state index in [1.807, 2.05) is 5.51 Å². The first-order valence-electron chi connectivity index (χ1n) is 5.62. The lowest BCUT2D eigenvalue weighted by Crippen LogP contribution is -2.40. The minimum Gasteiger partial charge on any atom is -0.328 e. The Labute approximate surface area is 120 Å². The van der Waals surface area contributed by atoms with Gasteiger partial charge in [-0.05, 0) is 39.3 Å². The Morgan fingerprint density at radius 2 is 2.06 bits per heavy atom. The molecule has 0 aliphatic carbocycles. The summed E-state index contributed by atoms with van der Waals surface area (Å²) in [4.78, 5) is 8.22. The van der Waals surface area contributed by atoms with Crippen LogP contribution < -0.4 is 5.73 Å². The number of rotatable bonds is 3. The van der Waals surface area contributed by atoms with Crippen LogP contribution in [-0.2, 0) is 6.42 Å². The number of aryl methyl sites for hydroxylation is 1. The van der Waals surface area contributed by atoms with Crippen LogP contribution >= 0.6 is 36.2 Å². The maximum absolute atomic E-state index is 5.88. The normalized spacial score (nSPS) is 17.3. The number of hydrogen-bond donors (Lipinski definition) is 1. The first-order valence-corrected chi connectivity index (χ1v) is 6.50. The van der Waals surface area contributed by atoms with Gasteiger partial charge in [0.15, 0.2) is 0 Å². The van der Waals surface area contributed by atoms with Gasteiger partial charge in [0.25, 0.3) is 0 Å². The monoisotopic (exact) mass is 297 g/mol. The molecule has 1 aromatic heterocycles. The maximum Gasteiger partial charge on any atom is 0.0797 e. The van der Waals surface area contributed by atoms with Gasteiger partial charge in [-0.15, -0.1) is 36.2 Å². The first-order chi connectivity index (χ1) is 7.25. The second kappa shape index (κ2) is 8.27. The number of likely N-dealkylation sites (tertiary alicyclic amines) is 1. The van der Waals surface area contributed by atoms with Crippen molar-refractivity contribution < 1.29 is 0 Å². The Hall–Kier alpha value is 0.130. The van der Waals surface area contributed by atoms with Crippen molar-refractivity contribution in [3.05, 3.63) is 16.1 Å². The number of nitrogens with two attached hydrogens (primary N) is 1. The Morgan fingerprint density at radius 3 is 2.59 bits per heavy atom. The zero-order valence-corrected chi connectivity index (χ0v) is 12.5. The highest BCUT2D eigenvalue weighted by Crippen LogP contribution is 2.15. The molecule has 2 heterocycles. The minimum atomic E-state index is 0. The third-order valence-corrected chi connectivity index (χ3v) is 4.13. The van der Waals surface area contributed by atoms with Crippen molar-refractivity contribution >= 4 is 36.2 Å². The standard InChI is InChI=1S/C11H19N3S.2ClH/c1-9-11(15-8-13-9)4-7-14-5-2-10(12)3-6-14;;/h8,10H,2-7,12H2,1H3;2*1H. The maximum atomic E-state index is 5.88. The van der Waals surface area contributed by atoms with Crippen LogP contribution in [0.4, 0.5) is 0 Å². The smallest absolute Gasteiger partial charge is 0.0797 e. The van der Waals surface area contributed by atoms with Gasteiger partial charge in [0.2, 0.25) is 0 Å². The number of piperidine rings is 1. The van der Waals surface area contributed by atoms with E-state index < -0.39 is 0 Å². The van der Waals surface area contributed by atoms with Crippen LogP contribution in [0.1, 0.15) is 23.4 Å². The summed E-state index contributed by atoms with van der Waals surface area (Å²) in [7, 11) is 0. The largest absolute Gasteiger partial charge is 0.328 e. The van der Waals surface area contributed by atoms with Crippen LogP contribution in [-0.4, -0.2) is 35.6 Å². The summed E-state index contributed by atoms with van der Waals surface area (Å²) in [5, 5.41) is 0. The molecule has 0 bridgehead atoms. The number of aromatic nitrogens is 1. The number of thiazole rings is 1. The molecule has 1 aliphatic rings. The molecule has 0 spiro atoms. The Bertz CT molecular complexity index is 311. The molecule has 0 amide bonds. The van der Waals surface area contributed by atoms with Crippen LogP contribution in [0.3, 0.4) is 0 Å². The lowest BCUT2D eigenvalue weighted by molar-refractivity contribution is 0.216. The molecular formula is C11H21Cl2N3S. The van der Waals surface area contributed by atoms with Gasteiger partial charge in [-0.25, -0.2) is 4.98 Å². The molecule has 6 heteroatoms. The molecule has 0 aromatic carbocycles. The molecule has 3 nitrogen and oxygen atoms in total. The van der Waals surface area contributed by atoms with E-state index in [0.717, 1.165) is 25.8 Å². The van der Waals surface area contributed by atoms with Gasteiger partial charge >= 0.3 is 0 Å². The summed E-state index contributed by atoms with van der Waals surface area (Å²) in [6, 6.07) is 0.436. The second-order valence-electron chi connectivity index (χ2n) is 4.29. The summed E-state index contributed by atoms with van der Waals surface area (Å²) in [6.45, 7) is 5.59. The molecule has 1 fully saturated rings. The van der Waals surface area contributed by atoms with Crippen molar-refractivity contribution in [1.29, 1.82) is 0 Å². The quantitative estimate of drug-likeness (QED) is 0.931. The van der Waals surface area contributed by atoms with Gasteiger partial charge in [0.05, 0.1) is 11.2 Å². The molecule has 0 saturated carbocycles. The fourth-order valence-electron chi connectivity index (χ4n) is 2.00. The Balaban J connectivity index is 0.00000128. The molecule has 0 atom stereocenters. The van der Waals surface area contributed by atoms with E-state index >= 15 is 0 Å². The zero-order valence-electron chi connectivity index (χ0n) is 10.1. The second-order valence-corrected chi connectivity index (χ2v) is 5.23. The van der Waals surface area contributed by atoms with Crippen LogP contribution in [0.5, 0.6) is 0 Å². The lowest BCUT2D eigenvalue weighted by Gasteiger charge is -2.29. The van der Waals surface area contributed by atoms with Crippen molar-refractivity contribution in [1.82, 2.24) is 9.88 Å². The third-order valence-electron chi connectivity index (χ3n) is 3.13. The number of hydrogen-bond acceptors (Lipinski definition) is 4. The SMILES string of the molecule is Cc1ncsc1CCN1CCC(N)CC1.Cl.Cl. The van der Waals surface area contributed by atoms with Crippen LogP contribution in [0.15, 0.2) is 5.51 Å². The molecule has 17 heavy (non-hydrogen) atoms. The highest BCUT2D eigenvalue weighted by molar-refractivity contribution is 7.09. The molecule has 1 aliphatic heterocycles. The summed E-state index contributed by atoms with van der Waals surface area (Å²) < 4.78 is 0. The van der Waals surface area contributed by atoms with Crippen LogP contribution in [0.25, 0.3) is 0 Å². The van der Waals surface area contributed by atoms with Crippen LogP contribution in [0, 0.1) is 6.92 Å². The Kier molecular flexibility index (Phi) is 8.33. The van der Waals surface area contributed by atoms with Crippen molar-refractivity contribution in [3.8, 4) is 0 Å². The predicted molar refractivity (Wildman–Crippen MR) is 78.7 cm³/mol.